The van der Waals surface area contributed by atoms with E-state index in [1.54, 1.807) is 0 Å². The summed E-state index contributed by atoms with van der Waals surface area (Å²) >= 11 is 0. The number of hydrogen-bond donors (Lipinski definition) is 1. The molecule has 1 saturated heterocycles. The number of rotatable bonds is 3. The lowest BCUT2D eigenvalue weighted by atomic mass is 9.74. The van der Waals surface area contributed by atoms with Crippen LogP contribution in [0.3, 0.4) is 0 Å². The van der Waals surface area contributed by atoms with Crippen LogP contribution < -0.4 is 10.6 Å². The molecule has 2 nitrogen and oxygen atoms in total. The Labute approximate surface area is 111 Å². The molecular formula is C16H26N2. The molecule has 100 valence electrons. The molecule has 0 bridgehead atoms. The van der Waals surface area contributed by atoms with Crippen molar-refractivity contribution in [2.75, 3.05) is 23.7 Å². The molecule has 1 heterocycles. The fraction of sp³-hybridized carbons (Fsp3) is 0.625. The van der Waals surface area contributed by atoms with Gasteiger partial charge in [-0.15, -0.1) is 0 Å². The molecule has 1 aromatic rings. The summed E-state index contributed by atoms with van der Waals surface area (Å²) in [5.74, 6) is 0. The lowest BCUT2D eigenvalue weighted by molar-refractivity contribution is 0.199. The number of aryl methyl sites for hydroxylation is 1. The standard InChI is InChI=1S/C16H26N2/c1-4-16(5-2)9-11-18(12-10-16)15-13(3)7-6-8-14(15)17/h6-8H,4-5,9-12,17H2,1-3H3. The Morgan fingerprint density at radius 1 is 1.17 bits per heavy atom. The maximum absolute atomic E-state index is 6.14. The summed E-state index contributed by atoms with van der Waals surface area (Å²) in [6.45, 7) is 9.13. The van der Waals surface area contributed by atoms with Gasteiger partial charge >= 0.3 is 0 Å². The van der Waals surface area contributed by atoms with Crippen LogP contribution in [0, 0.1) is 12.3 Å². The van der Waals surface area contributed by atoms with Crippen LogP contribution in [0.25, 0.3) is 0 Å². The average Bonchev–Trinajstić information content (AvgIpc) is 2.39. The monoisotopic (exact) mass is 246 g/mol. The molecule has 18 heavy (non-hydrogen) atoms. The summed E-state index contributed by atoms with van der Waals surface area (Å²) < 4.78 is 0. The molecular weight excluding hydrogens is 220 g/mol. The van der Waals surface area contributed by atoms with Crippen molar-refractivity contribution in [3.8, 4) is 0 Å². The van der Waals surface area contributed by atoms with E-state index in [-0.39, 0.29) is 0 Å². The first-order chi connectivity index (χ1) is 8.62. The van der Waals surface area contributed by atoms with Crippen LogP contribution in [-0.4, -0.2) is 13.1 Å². The maximum Gasteiger partial charge on any atom is 0.0629 e. The number of anilines is 2. The topological polar surface area (TPSA) is 29.3 Å². The second-order valence-electron chi connectivity index (χ2n) is 5.71. The summed E-state index contributed by atoms with van der Waals surface area (Å²) in [5.41, 5.74) is 10.2. The molecule has 1 aliphatic rings. The molecule has 0 unspecified atom stereocenters. The van der Waals surface area contributed by atoms with Gasteiger partial charge in [-0.05, 0) is 36.8 Å². The van der Waals surface area contributed by atoms with E-state index in [0.717, 1.165) is 18.8 Å². The zero-order chi connectivity index (χ0) is 13.2. The van der Waals surface area contributed by atoms with Gasteiger partial charge in [0.1, 0.15) is 0 Å². The van der Waals surface area contributed by atoms with Crippen molar-refractivity contribution in [1.82, 2.24) is 0 Å². The van der Waals surface area contributed by atoms with Gasteiger partial charge in [-0.1, -0.05) is 38.8 Å². The fourth-order valence-electron chi connectivity index (χ4n) is 3.28. The van der Waals surface area contributed by atoms with Crippen molar-refractivity contribution < 1.29 is 0 Å². The molecule has 0 atom stereocenters. The number of piperidine rings is 1. The second-order valence-corrected chi connectivity index (χ2v) is 5.71. The van der Waals surface area contributed by atoms with Crippen molar-refractivity contribution in [2.24, 2.45) is 5.41 Å². The van der Waals surface area contributed by atoms with Crippen molar-refractivity contribution in [1.29, 1.82) is 0 Å². The van der Waals surface area contributed by atoms with Crippen LogP contribution >= 0.6 is 0 Å². The largest absolute Gasteiger partial charge is 0.397 e. The molecule has 0 spiro atoms. The van der Waals surface area contributed by atoms with Gasteiger partial charge in [0, 0.05) is 13.1 Å². The zero-order valence-electron chi connectivity index (χ0n) is 12.0. The Kier molecular flexibility index (Phi) is 3.84. The number of para-hydroxylation sites is 1. The van der Waals surface area contributed by atoms with E-state index in [2.05, 4.69) is 31.7 Å². The van der Waals surface area contributed by atoms with E-state index < -0.39 is 0 Å². The maximum atomic E-state index is 6.14. The fourth-order valence-corrected chi connectivity index (χ4v) is 3.28. The number of nitrogen functional groups attached to an aromatic ring is 1. The van der Waals surface area contributed by atoms with Gasteiger partial charge in [0.25, 0.3) is 0 Å². The molecule has 1 aliphatic heterocycles. The van der Waals surface area contributed by atoms with E-state index in [1.807, 2.05) is 12.1 Å². The van der Waals surface area contributed by atoms with Crippen LogP contribution in [0.5, 0.6) is 0 Å². The van der Waals surface area contributed by atoms with Gasteiger partial charge < -0.3 is 10.6 Å². The summed E-state index contributed by atoms with van der Waals surface area (Å²) in [6.07, 6.45) is 5.21. The van der Waals surface area contributed by atoms with Gasteiger partial charge in [-0.25, -0.2) is 0 Å². The van der Waals surface area contributed by atoms with E-state index in [0.29, 0.717) is 5.41 Å². The minimum Gasteiger partial charge on any atom is -0.397 e. The first-order valence-electron chi connectivity index (χ1n) is 7.22. The minimum absolute atomic E-state index is 0.577. The highest BCUT2D eigenvalue weighted by Gasteiger charge is 2.31. The zero-order valence-corrected chi connectivity index (χ0v) is 12.0. The van der Waals surface area contributed by atoms with Crippen LogP contribution in [0.4, 0.5) is 11.4 Å². The predicted octanol–water partition coefficient (Wildman–Crippen LogP) is 3.98. The predicted molar refractivity (Wildman–Crippen MR) is 80.1 cm³/mol. The first-order valence-corrected chi connectivity index (χ1v) is 7.22. The molecule has 1 fully saturated rings. The smallest absolute Gasteiger partial charge is 0.0629 e. The SMILES string of the molecule is CCC1(CC)CCN(c2c(C)cccc2N)CC1. The Morgan fingerprint density at radius 2 is 1.78 bits per heavy atom. The summed E-state index contributed by atoms with van der Waals surface area (Å²) in [5, 5.41) is 0. The van der Waals surface area contributed by atoms with Crippen molar-refractivity contribution in [3.05, 3.63) is 23.8 Å². The molecule has 2 rings (SSSR count). The van der Waals surface area contributed by atoms with Crippen molar-refractivity contribution >= 4 is 11.4 Å². The van der Waals surface area contributed by atoms with E-state index >= 15 is 0 Å². The number of benzene rings is 1. The van der Waals surface area contributed by atoms with Gasteiger partial charge in [0.15, 0.2) is 0 Å². The normalized spacial score (nSPS) is 18.9. The molecule has 0 aliphatic carbocycles. The van der Waals surface area contributed by atoms with Gasteiger partial charge in [0.2, 0.25) is 0 Å². The van der Waals surface area contributed by atoms with E-state index in [9.17, 15) is 0 Å². The summed E-state index contributed by atoms with van der Waals surface area (Å²) in [4.78, 5) is 2.48. The Bertz CT molecular complexity index is 377. The molecule has 0 amide bonds. The molecule has 2 N–H and O–H groups in total. The van der Waals surface area contributed by atoms with Crippen LogP contribution in [0.2, 0.25) is 0 Å². The number of nitrogens with zero attached hydrogens (tertiary/aromatic N) is 1. The van der Waals surface area contributed by atoms with Crippen LogP contribution in [0.1, 0.15) is 45.1 Å². The van der Waals surface area contributed by atoms with E-state index in [4.69, 9.17) is 5.73 Å². The third kappa shape index (κ3) is 2.33. The lowest BCUT2D eigenvalue weighted by Crippen LogP contribution is -2.40. The van der Waals surface area contributed by atoms with Crippen molar-refractivity contribution in [2.45, 2.75) is 46.5 Å². The Hall–Kier alpha value is -1.18. The van der Waals surface area contributed by atoms with Gasteiger partial charge in [-0.2, -0.15) is 0 Å². The highest BCUT2D eigenvalue weighted by atomic mass is 15.1. The molecule has 1 aromatic carbocycles. The number of nitrogens with two attached hydrogens (primary N) is 1. The van der Waals surface area contributed by atoms with Crippen molar-refractivity contribution in [3.63, 3.8) is 0 Å². The van der Waals surface area contributed by atoms with Crippen LogP contribution in [-0.2, 0) is 0 Å². The molecule has 0 saturated carbocycles. The molecule has 0 aromatic heterocycles. The average molecular weight is 246 g/mol. The lowest BCUT2D eigenvalue weighted by Gasteiger charge is -2.42. The van der Waals surface area contributed by atoms with Crippen LogP contribution in [0.15, 0.2) is 18.2 Å². The van der Waals surface area contributed by atoms with Gasteiger partial charge in [-0.3, -0.25) is 0 Å². The third-order valence-electron chi connectivity index (χ3n) is 4.91. The van der Waals surface area contributed by atoms with E-state index in [1.165, 1.54) is 36.9 Å². The Morgan fingerprint density at radius 3 is 2.28 bits per heavy atom. The second kappa shape index (κ2) is 5.21. The molecule has 0 radical (unpaired) electrons. The quantitative estimate of drug-likeness (QED) is 0.817. The van der Waals surface area contributed by atoms with Gasteiger partial charge in [0.05, 0.1) is 11.4 Å². The highest BCUT2D eigenvalue weighted by Crippen LogP contribution is 2.40. The number of hydrogen-bond acceptors (Lipinski definition) is 2. The highest BCUT2D eigenvalue weighted by molar-refractivity contribution is 5.71. The summed E-state index contributed by atoms with van der Waals surface area (Å²) in [6, 6.07) is 6.22. The minimum atomic E-state index is 0.577. The first kappa shape index (κ1) is 13.3. The Balaban J connectivity index is 2.15. The molecule has 2 heteroatoms. The third-order valence-corrected chi connectivity index (χ3v) is 4.91. The summed E-state index contributed by atoms with van der Waals surface area (Å²) in [7, 11) is 0.